The highest BCUT2D eigenvalue weighted by Gasteiger charge is 2.24. The lowest BCUT2D eigenvalue weighted by atomic mass is 9.93. The van der Waals surface area contributed by atoms with Crippen LogP contribution in [0.25, 0.3) is 0 Å². The Kier molecular flexibility index (Phi) is 4.45. The molecule has 0 saturated carbocycles. The molecular weight excluding hydrogens is 308 g/mol. The molecule has 1 aromatic carbocycles. The molecule has 0 bridgehead atoms. The molecular formula is C14H19BrN2O2. The number of halogens is 1. The lowest BCUT2D eigenvalue weighted by molar-refractivity contribution is -0.385. The zero-order chi connectivity index (χ0) is 14.0. The molecule has 104 valence electrons. The number of hydrogen-bond acceptors (Lipinski definition) is 3. The van der Waals surface area contributed by atoms with Crippen molar-refractivity contribution in [3.05, 3.63) is 33.9 Å². The second-order valence-corrected chi connectivity index (χ2v) is 5.94. The van der Waals surface area contributed by atoms with Crippen molar-refractivity contribution in [1.82, 2.24) is 0 Å². The fourth-order valence-electron chi connectivity index (χ4n) is 2.83. The number of rotatable bonds is 3. The topological polar surface area (TPSA) is 46.4 Å². The van der Waals surface area contributed by atoms with Gasteiger partial charge in [-0.25, -0.2) is 0 Å². The zero-order valence-electron chi connectivity index (χ0n) is 11.3. The highest BCUT2D eigenvalue weighted by molar-refractivity contribution is 9.08. The lowest BCUT2D eigenvalue weighted by Crippen LogP contribution is -2.40. The minimum absolute atomic E-state index is 0.193. The third-order valence-corrected chi connectivity index (χ3v) is 4.48. The van der Waals surface area contributed by atoms with E-state index in [-0.39, 0.29) is 10.6 Å². The predicted molar refractivity (Wildman–Crippen MR) is 80.9 cm³/mol. The van der Waals surface area contributed by atoms with Gasteiger partial charge < -0.3 is 4.90 Å². The molecule has 1 aliphatic heterocycles. The first-order chi connectivity index (χ1) is 9.02. The standard InChI is InChI=1S/C14H19BrN2O2/c1-10-5-6-16(11(2)7-10)13-3-4-14(17(18)19)12(8-13)9-15/h3-4,8,10-11H,5-7,9H2,1-2H3. The average Bonchev–Trinajstić information content (AvgIpc) is 2.37. The third kappa shape index (κ3) is 3.08. The van der Waals surface area contributed by atoms with Crippen molar-refractivity contribution in [2.75, 3.05) is 11.4 Å². The molecule has 5 heteroatoms. The van der Waals surface area contributed by atoms with Crippen LogP contribution >= 0.6 is 15.9 Å². The average molecular weight is 327 g/mol. The molecule has 4 nitrogen and oxygen atoms in total. The fourth-order valence-corrected chi connectivity index (χ4v) is 3.28. The van der Waals surface area contributed by atoms with Gasteiger partial charge in [-0.2, -0.15) is 0 Å². The van der Waals surface area contributed by atoms with E-state index in [1.54, 1.807) is 6.07 Å². The molecule has 0 amide bonds. The summed E-state index contributed by atoms with van der Waals surface area (Å²) in [7, 11) is 0. The second kappa shape index (κ2) is 5.90. The van der Waals surface area contributed by atoms with E-state index in [0.29, 0.717) is 11.4 Å². The summed E-state index contributed by atoms with van der Waals surface area (Å²) >= 11 is 3.34. The number of alkyl halides is 1. The van der Waals surface area contributed by atoms with Crippen LogP contribution in [0.1, 0.15) is 32.3 Å². The summed E-state index contributed by atoms with van der Waals surface area (Å²) in [6.45, 7) is 5.54. The Morgan fingerprint density at radius 1 is 1.47 bits per heavy atom. The maximum atomic E-state index is 10.9. The van der Waals surface area contributed by atoms with Gasteiger partial charge in [0.1, 0.15) is 0 Å². The zero-order valence-corrected chi connectivity index (χ0v) is 12.9. The van der Waals surface area contributed by atoms with Crippen LogP contribution in [0, 0.1) is 16.0 Å². The van der Waals surface area contributed by atoms with Crippen molar-refractivity contribution < 1.29 is 4.92 Å². The molecule has 2 rings (SSSR count). The molecule has 1 saturated heterocycles. The van der Waals surface area contributed by atoms with E-state index in [1.165, 1.54) is 12.8 Å². The van der Waals surface area contributed by atoms with Crippen molar-refractivity contribution >= 4 is 27.3 Å². The van der Waals surface area contributed by atoms with Crippen molar-refractivity contribution in [3.63, 3.8) is 0 Å². The molecule has 1 heterocycles. The van der Waals surface area contributed by atoms with Gasteiger partial charge in [-0.15, -0.1) is 0 Å². The van der Waals surface area contributed by atoms with E-state index in [9.17, 15) is 10.1 Å². The van der Waals surface area contributed by atoms with Crippen molar-refractivity contribution in [1.29, 1.82) is 0 Å². The second-order valence-electron chi connectivity index (χ2n) is 5.38. The number of nitrogens with zero attached hydrogens (tertiary/aromatic N) is 2. The van der Waals surface area contributed by atoms with Gasteiger partial charge in [0, 0.05) is 35.2 Å². The van der Waals surface area contributed by atoms with Crippen LogP contribution in [0.5, 0.6) is 0 Å². The van der Waals surface area contributed by atoms with Crippen molar-refractivity contribution in [2.24, 2.45) is 5.92 Å². The summed E-state index contributed by atoms with van der Waals surface area (Å²) < 4.78 is 0. The molecule has 0 N–H and O–H groups in total. The van der Waals surface area contributed by atoms with E-state index in [1.807, 2.05) is 12.1 Å². The van der Waals surface area contributed by atoms with E-state index >= 15 is 0 Å². The molecule has 2 unspecified atom stereocenters. The smallest absolute Gasteiger partial charge is 0.273 e. The van der Waals surface area contributed by atoms with Gasteiger partial charge in [-0.3, -0.25) is 10.1 Å². The number of nitro groups is 1. The van der Waals surface area contributed by atoms with Gasteiger partial charge in [0.2, 0.25) is 0 Å². The Morgan fingerprint density at radius 2 is 2.21 bits per heavy atom. The SMILES string of the molecule is CC1CCN(c2ccc([N+](=O)[O-])c(CBr)c2)C(C)C1. The Balaban J connectivity index is 2.28. The van der Waals surface area contributed by atoms with Crippen LogP contribution in [0.4, 0.5) is 11.4 Å². The molecule has 0 radical (unpaired) electrons. The summed E-state index contributed by atoms with van der Waals surface area (Å²) in [6, 6.07) is 5.93. The van der Waals surface area contributed by atoms with E-state index < -0.39 is 0 Å². The summed E-state index contributed by atoms with van der Waals surface area (Å²) in [4.78, 5) is 13.0. The van der Waals surface area contributed by atoms with E-state index in [4.69, 9.17) is 0 Å². The molecule has 1 aliphatic rings. The van der Waals surface area contributed by atoms with Crippen molar-refractivity contribution in [3.8, 4) is 0 Å². The summed E-state index contributed by atoms with van der Waals surface area (Å²) in [6.07, 6.45) is 2.37. The van der Waals surface area contributed by atoms with Crippen LogP contribution in [-0.4, -0.2) is 17.5 Å². The Hall–Kier alpha value is -1.10. The van der Waals surface area contributed by atoms with Gasteiger partial charge in [-0.05, 0) is 37.8 Å². The van der Waals surface area contributed by atoms with Crippen LogP contribution in [0.3, 0.4) is 0 Å². The number of hydrogen-bond donors (Lipinski definition) is 0. The highest BCUT2D eigenvalue weighted by Crippen LogP contribution is 2.31. The van der Waals surface area contributed by atoms with E-state index in [0.717, 1.165) is 23.7 Å². The molecule has 1 aromatic rings. The van der Waals surface area contributed by atoms with Crippen LogP contribution in [-0.2, 0) is 5.33 Å². The Morgan fingerprint density at radius 3 is 2.79 bits per heavy atom. The third-order valence-electron chi connectivity index (χ3n) is 3.87. The minimum atomic E-state index is -0.317. The first-order valence-corrected chi connectivity index (χ1v) is 7.75. The monoisotopic (exact) mass is 326 g/mol. The van der Waals surface area contributed by atoms with Gasteiger partial charge in [0.05, 0.1) is 4.92 Å². The molecule has 1 fully saturated rings. The van der Waals surface area contributed by atoms with Gasteiger partial charge in [0.25, 0.3) is 5.69 Å². The first-order valence-electron chi connectivity index (χ1n) is 6.63. The number of piperidine rings is 1. The lowest BCUT2D eigenvalue weighted by Gasteiger charge is -2.38. The molecule has 0 aromatic heterocycles. The fraction of sp³-hybridized carbons (Fsp3) is 0.571. The summed E-state index contributed by atoms with van der Waals surface area (Å²) in [5.74, 6) is 0.764. The number of benzene rings is 1. The maximum Gasteiger partial charge on any atom is 0.273 e. The Bertz CT molecular complexity index is 479. The largest absolute Gasteiger partial charge is 0.369 e. The first kappa shape index (κ1) is 14.3. The maximum absolute atomic E-state index is 10.9. The van der Waals surface area contributed by atoms with Crippen LogP contribution < -0.4 is 4.90 Å². The number of anilines is 1. The van der Waals surface area contributed by atoms with Gasteiger partial charge in [0.15, 0.2) is 0 Å². The minimum Gasteiger partial charge on any atom is -0.369 e. The van der Waals surface area contributed by atoms with E-state index in [2.05, 4.69) is 34.7 Å². The van der Waals surface area contributed by atoms with Gasteiger partial charge in [-0.1, -0.05) is 22.9 Å². The van der Waals surface area contributed by atoms with Crippen LogP contribution in [0.2, 0.25) is 0 Å². The summed E-state index contributed by atoms with van der Waals surface area (Å²) in [5.41, 5.74) is 2.03. The van der Waals surface area contributed by atoms with Gasteiger partial charge >= 0.3 is 0 Å². The quantitative estimate of drug-likeness (QED) is 0.477. The van der Waals surface area contributed by atoms with Crippen LogP contribution in [0.15, 0.2) is 18.2 Å². The molecule has 2 atom stereocenters. The highest BCUT2D eigenvalue weighted by atomic mass is 79.9. The van der Waals surface area contributed by atoms with Crippen molar-refractivity contribution in [2.45, 2.75) is 38.1 Å². The molecule has 0 aliphatic carbocycles. The normalized spacial score (nSPS) is 23.4. The predicted octanol–water partition coefficient (Wildman–Crippen LogP) is 4.11. The number of nitro benzene ring substituents is 1. The Labute approximate surface area is 122 Å². The molecule has 0 spiro atoms. The molecule has 19 heavy (non-hydrogen) atoms. The summed E-state index contributed by atoms with van der Waals surface area (Å²) in [5, 5.41) is 11.5.